The maximum Gasteiger partial charge on any atom is 0.258 e. The molecule has 3 aromatic rings. The molecule has 37 heavy (non-hydrogen) atoms. The van der Waals surface area contributed by atoms with Crippen LogP contribution in [0.5, 0.6) is 0 Å². The van der Waals surface area contributed by atoms with Crippen molar-refractivity contribution in [3.8, 4) is 0 Å². The van der Waals surface area contributed by atoms with E-state index < -0.39 is 0 Å². The van der Waals surface area contributed by atoms with Crippen molar-refractivity contribution in [2.45, 2.75) is 6.92 Å². The summed E-state index contributed by atoms with van der Waals surface area (Å²) in [5.41, 5.74) is 5.32. The third-order valence-electron chi connectivity index (χ3n) is 6.03. The lowest BCUT2D eigenvalue weighted by atomic mass is 9.99. The van der Waals surface area contributed by atoms with Gasteiger partial charge in [0.25, 0.3) is 11.8 Å². The van der Waals surface area contributed by atoms with Gasteiger partial charge in [0.15, 0.2) is 0 Å². The summed E-state index contributed by atoms with van der Waals surface area (Å²) in [4.78, 5) is 41.4. The molecule has 8 nitrogen and oxygen atoms in total. The average Bonchev–Trinajstić information content (AvgIpc) is 3.22. The van der Waals surface area contributed by atoms with Gasteiger partial charge in [-0.25, -0.2) is 0 Å². The Morgan fingerprint density at radius 3 is 2.24 bits per heavy atom. The second-order valence-electron chi connectivity index (χ2n) is 9.05. The van der Waals surface area contributed by atoms with E-state index >= 15 is 0 Å². The van der Waals surface area contributed by atoms with Crippen LogP contribution >= 0.6 is 0 Å². The summed E-state index contributed by atoms with van der Waals surface area (Å²) in [7, 11) is 5.46. The minimum absolute atomic E-state index is 0.0102. The van der Waals surface area contributed by atoms with Crippen LogP contribution in [-0.2, 0) is 9.59 Å². The number of rotatable bonds is 8. The fraction of sp³-hybridized carbons (Fsp3) is 0.207. The maximum absolute atomic E-state index is 13.2. The molecule has 0 unspecified atom stereocenters. The standard InChI is InChI=1S/C29H31N5O3/c1-5-30-28(36)20-11-16-23-24(17-20)32-29(37)26(23)27(19-9-7-6-8-10-19)31-21-12-14-22(15-13-21)34(4)25(35)18-33(2)3/h6-17,31H,5,18H2,1-4H3,(H,30,36)(H,32,37)/b27-26-. The van der Waals surface area contributed by atoms with Crippen molar-refractivity contribution in [3.63, 3.8) is 0 Å². The van der Waals surface area contributed by atoms with E-state index in [0.717, 1.165) is 22.5 Å². The van der Waals surface area contributed by atoms with Crippen molar-refractivity contribution in [3.05, 3.63) is 89.5 Å². The summed E-state index contributed by atoms with van der Waals surface area (Å²) in [6.45, 7) is 2.70. The minimum atomic E-state index is -0.250. The number of fused-ring (bicyclic) bond motifs is 1. The smallest absolute Gasteiger partial charge is 0.258 e. The Bertz CT molecular complexity index is 1350. The van der Waals surface area contributed by atoms with Crippen LogP contribution in [0.3, 0.4) is 0 Å². The molecule has 0 spiro atoms. The molecule has 3 N–H and O–H groups in total. The number of carbonyl (C=O) groups is 3. The molecule has 8 heteroatoms. The topological polar surface area (TPSA) is 93.8 Å². The molecular formula is C29H31N5O3. The third-order valence-corrected chi connectivity index (χ3v) is 6.03. The maximum atomic E-state index is 13.2. The van der Waals surface area contributed by atoms with Gasteiger partial charge in [-0.3, -0.25) is 14.4 Å². The summed E-state index contributed by atoms with van der Waals surface area (Å²) in [5.74, 6) is -0.448. The Labute approximate surface area is 217 Å². The molecule has 0 aliphatic carbocycles. The van der Waals surface area contributed by atoms with E-state index in [2.05, 4.69) is 16.0 Å². The van der Waals surface area contributed by atoms with Gasteiger partial charge in [0, 0.05) is 41.8 Å². The molecule has 0 bridgehead atoms. The predicted octanol–water partition coefficient (Wildman–Crippen LogP) is 3.89. The monoisotopic (exact) mass is 497 g/mol. The number of hydrogen-bond donors (Lipinski definition) is 3. The van der Waals surface area contributed by atoms with Crippen LogP contribution in [0.2, 0.25) is 0 Å². The Morgan fingerprint density at radius 1 is 0.892 bits per heavy atom. The van der Waals surface area contributed by atoms with E-state index in [0.29, 0.717) is 35.6 Å². The number of carbonyl (C=O) groups excluding carboxylic acids is 3. The highest BCUT2D eigenvalue weighted by Gasteiger charge is 2.29. The van der Waals surface area contributed by atoms with Gasteiger partial charge >= 0.3 is 0 Å². The molecule has 0 aromatic heterocycles. The second kappa shape index (κ2) is 11.1. The van der Waals surface area contributed by atoms with Crippen LogP contribution in [-0.4, -0.2) is 56.9 Å². The van der Waals surface area contributed by atoms with Crippen LogP contribution in [0.25, 0.3) is 11.3 Å². The fourth-order valence-corrected chi connectivity index (χ4v) is 4.14. The van der Waals surface area contributed by atoms with Crippen molar-refractivity contribution >= 4 is 46.1 Å². The highest BCUT2D eigenvalue weighted by Crippen LogP contribution is 2.38. The van der Waals surface area contributed by atoms with E-state index in [9.17, 15) is 14.4 Å². The molecule has 1 aliphatic rings. The molecule has 3 aromatic carbocycles. The number of hydrogen-bond acceptors (Lipinski definition) is 5. The van der Waals surface area contributed by atoms with E-state index in [-0.39, 0.29) is 17.7 Å². The molecule has 190 valence electrons. The van der Waals surface area contributed by atoms with Gasteiger partial charge in [-0.1, -0.05) is 36.4 Å². The third kappa shape index (κ3) is 5.70. The van der Waals surface area contributed by atoms with Gasteiger partial charge in [0.1, 0.15) is 0 Å². The van der Waals surface area contributed by atoms with Gasteiger partial charge in [0.2, 0.25) is 5.91 Å². The minimum Gasteiger partial charge on any atom is -0.354 e. The fourth-order valence-electron chi connectivity index (χ4n) is 4.14. The van der Waals surface area contributed by atoms with E-state index in [1.165, 1.54) is 0 Å². The van der Waals surface area contributed by atoms with Gasteiger partial charge in [0.05, 0.1) is 17.8 Å². The first-order chi connectivity index (χ1) is 17.8. The van der Waals surface area contributed by atoms with Crippen LogP contribution in [0, 0.1) is 0 Å². The summed E-state index contributed by atoms with van der Waals surface area (Å²) in [6.07, 6.45) is 0. The Morgan fingerprint density at radius 2 is 1.59 bits per heavy atom. The highest BCUT2D eigenvalue weighted by atomic mass is 16.2. The first-order valence-electron chi connectivity index (χ1n) is 12.1. The lowest BCUT2D eigenvalue weighted by Crippen LogP contribution is -2.34. The average molecular weight is 498 g/mol. The molecule has 0 saturated carbocycles. The zero-order chi connectivity index (χ0) is 26.5. The summed E-state index contributed by atoms with van der Waals surface area (Å²) in [5, 5.41) is 9.11. The van der Waals surface area contributed by atoms with Crippen molar-refractivity contribution in [1.29, 1.82) is 0 Å². The SMILES string of the molecule is CCNC(=O)c1ccc2c(c1)NC(=O)/C2=C(\Nc1ccc(N(C)C(=O)CN(C)C)cc1)c1ccccc1. The second-order valence-corrected chi connectivity index (χ2v) is 9.05. The normalized spacial score (nSPS) is 13.6. The van der Waals surface area contributed by atoms with Gasteiger partial charge in [-0.05, 0) is 63.0 Å². The highest BCUT2D eigenvalue weighted by molar-refractivity contribution is 6.37. The molecule has 1 aliphatic heterocycles. The lowest BCUT2D eigenvalue weighted by Gasteiger charge is -2.20. The first-order valence-corrected chi connectivity index (χ1v) is 12.1. The van der Waals surface area contributed by atoms with Crippen molar-refractivity contribution in [2.75, 3.05) is 49.8 Å². The summed E-state index contributed by atoms with van der Waals surface area (Å²) in [6, 6.07) is 22.3. The molecule has 0 atom stereocenters. The van der Waals surface area contributed by atoms with Crippen LogP contribution < -0.4 is 20.9 Å². The summed E-state index contributed by atoms with van der Waals surface area (Å²) >= 11 is 0. The number of anilines is 3. The predicted molar refractivity (Wildman–Crippen MR) is 148 cm³/mol. The Kier molecular flexibility index (Phi) is 7.69. The Hall–Kier alpha value is -4.43. The number of benzene rings is 3. The van der Waals surface area contributed by atoms with Crippen LogP contribution in [0.4, 0.5) is 17.1 Å². The van der Waals surface area contributed by atoms with Crippen LogP contribution in [0.1, 0.15) is 28.4 Å². The van der Waals surface area contributed by atoms with Gasteiger partial charge < -0.3 is 25.8 Å². The molecule has 0 saturated heterocycles. The van der Waals surface area contributed by atoms with E-state index in [1.54, 1.807) is 30.1 Å². The number of nitrogens with one attached hydrogen (secondary N) is 3. The number of nitrogens with zero attached hydrogens (tertiary/aromatic N) is 2. The van der Waals surface area contributed by atoms with Crippen LogP contribution in [0.15, 0.2) is 72.8 Å². The largest absolute Gasteiger partial charge is 0.354 e. The molecule has 4 rings (SSSR count). The van der Waals surface area contributed by atoms with Gasteiger partial charge in [-0.2, -0.15) is 0 Å². The van der Waals surface area contributed by atoms with E-state index in [1.807, 2.05) is 80.5 Å². The lowest BCUT2D eigenvalue weighted by molar-refractivity contribution is -0.119. The zero-order valence-corrected chi connectivity index (χ0v) is 21.5. The molecule has 0 fully saturated rings. The van der Waals surface area contributed by atoms with E-state index in [4.69, 9.17) is 0 Å². The molecule has 1 heterocycles. The quantitative estimate of drug-likeness (QED) is 0.411. The van der Waals surface area contributed by atoms with Crippen molar-refractivity contribution in [1.82, 2.24) is 10.2 Å². The Balaban J connectivity index is 1.70. The number of likely N-dealkylation sites (N-methyl/N-ethyl adjacent to an activating group) is 2. The first kappa shape index (κ1) is 25.7. The number of amides is 3. The zero-order valence-electron chi connectivity index (χ0n) is 21.5. The summed E-state index contributed by atoms with van der Waals surface area (Å²) < 4.78 is 0. The molecular weight excluding hydrogens is 466 g/mol. The van der Waals surface area contributed by atoms with Crippen molar-refractivity contribution in [2.24, 2.45) is 0 Å². The van der Waals surface area contributed by atoms with Gasteiger partial charge in [-0.15, -0.1) is 0 Å². The molecule has 0 radical (unpaired) electrons. The van der Waals surface area contributed by atoms with Crippen molar-refractivity contribution < 1.29 is 14.4 Å². The molecule has 3 amide bonds.